The Morgan fingerprint density at radius 1 is 1.37 bits per heavy atom. The molecule has 0 unspecified atom stereocenters. The molecule has 0 aromatic carbocycles. The zero-order valence-electron chi connectivity index (χ0n) is 11.1. The van der Waals surface area contributed by atoms with Crippen molar-refractivity contribution in [2.24, 2.45) is 0 Å². The number of carbonyl (C=O) groups is 1. The van der Waals surface area contributed by atoms with Gasteiger partial charge in [-0.2, -0.15) is 0 Å². The highest BCUT2D eigenvalue weighted by atomic mass is 32.2. The molecule has 0 atom stereocenters. The second kappa shape index (κ2) is 5.56. The standard InChI is InChI=1S/C12H17NO5S/c1-8(2)19(17,18)7-6-13-9(3)4-5-10(11(13)14)12(15)16/h4-5,8H,6-7H2,1-3H3,(H,15,16). The third-order valence-corrected chi connectivity index (χ3v) is 5.13. The lowest BCUT2D eigenvalue weighted by Crippen LogP contribution is -2.31. The molecular formula is C12H17NO5S. The van der Waals surface area contributed by atoms with Crippen molar-refractivity contribution >= 4 is 15.8 Å². The highest BCUT2D eigenvalue weighted by Gasteiger charge is 2.18. The van der Waals surface area contributed by atoms with Crippen molar-refractivity contribution < 1.29 is 18.3 Å². The minimum atomic E-state index is -3.27. The number of hydrogen-bond acceptors (Lipinski definition) is 4. The lowest BCUT2D eigenvalue weighted by atomic mass is 10.2. The Balaban J connectivity index is 3.13. The number of carboxylic acids is 1. The van der Waals surface area contributed by atoms with Crippen LogP contribution in [0.25, 0.3) is 0 Å². The molecule has 0 saturated carbocycles. The fourth-order valence-electron chi connectivity index (χ4n) is 1.57. The van der Waals surface area contributed by atoms with Crippen LogP contribution in [0.1, 0.15) is 29.9 Å². The molecule has 0 aliphatic carbocycles. The maximum Gasteiger partial charge on any atom is 0.341 e. The molecule has 0 saturated heterocycles. The van der Waals surface area contributed by atoms with Crippen molar-refractivity contribution in [3.05, 3.63) is 33.7 Å². The van der Waals surface area contributed by atoms with Gasteiger partial charge < -0.3 is 9.67 Å². The van der Waals surface area contributed by atoms with Gasteiger partial charge in [-0.3, -0.25) is 4.79 Å². The number of sulfone groups is 1. The van der Waals surface area contributed by atoms with E-state index < -0.39 is 26.6 Å². The van der Waals surface area contributed by atoms with Crippen molar-refractivity contribution in [3.63, 3.8) is 0 Å². The fraction of sp³-hybridized carbons (Fsp3) is 0.500. The second-order valence-electron chi connectivity index (χ2n) is 4.57. The van der Waals surface area contributed by atoms with Gasteiger partial charge in [0.15, 0.2) is 9.84 Å². The summed E-state index contributed by atoms with van der Waals surface area (Å²) in [4.78, 5) is 22.8. The van der Waals surface area contributed by atoms with Crippen LogP contribution in [0.5, 0.6) is 0 Å². The van der Waals surface area contributed by atoms with Gasteiger partial charge in [-0.25, -0.2) is 13.2 Å². The van der Waals surface area contributed by atoms with E-state index in [4.69, 9.17) is 5.11 Å². The predicted octanol–water partition coefficient (Wildman–Crippen LogP) is 0.678. The zero-order chi connectivity index (χ0) is 14.8. The van der Waals surface area contributed by atoms with Gasteiger partial charge in [-0.1, -0.05) is 0 Å². The molecule has 7 heteroatoms. The number of pyridine rings is 1. The summed E-state index contributed by atoms with van der Waals surface area (Å²) < 4.78 is 24.6. The van der Waals surface area contributed by atoms with Gasteiger partial charge in [0, 0.05) is 12.2 Å². The Kier molecular flexibility index (Phi) is 4.52. The first-order valence-corrected chi connectivity index (χ1v) is 7.53. The monoisotopic (exact) mass is 287 g/mol. The zero-order valence-corrected chi connectivity index (χ0v) is 11.9. The molecule has 0 radical (unpaired) electrons. The molecule has 1 rings (SSSR count). The first kappa shape index (κ1) is 15.4. The van der Waals surface area contributed by atoms with Crippen molar-refractivity contribution in [2.75, 3.05) is 5.75 Å². The van der Waals surface area contributed by atoms with Crippen LogP contribution in [0.15, 0.2) is 16.9 Å². The number of rotatable bonds is 5. The number of aromatic carboxylic acids is 1. The number of carboxylic acid groups (broad SMARTS) is 1. The average Bonchev–Trinajstić information content (AvgIpc) is 2.27. The van der Waals surface area contributed by atoms with Crippen molar-refractivity contribution in [1.29, 1.82) is 0 Å². The van der Waals surface area contributed by atoms with Crippen LogP contribution in [0.2, 0.25) is 0 Å². The summed E-state index contributed by atoms with van der Waals surface area (Å²) in [5, 5.41) is 8.34. The molecule has 106 valence electrons. The molecule has 0 amide bonds. The molecule has 0 bridgehead atoms. The van der Waals surface area contributed by atoms with E-state index in [0.717, 1.165) is 0 Å². The number of hydrogen-bond donors (Lipinski definition) is 1. The molecule has 1 heterocycles. The maximum atomic E-state index is 11.9. The first-order valence-electron chi connectivity index (χ1n) is 5.82. The van der Waals surface area contributed by atoms with E-state index in [0.29, 0.717) is 5.69 Å². The molecule has 1 aromatic rings. The summed E-state index contributed by atoms with van der Waals surface area (Å²) in [5.74, 6) is -1.50. The van der Waals surface area contributed by atoms with Gasteiger partial charge in [0.2, 0.25) is 0 Å². The van der Waals surface area contributed by atoms with Crippen molar-refractivity contribution in [1.82, 2.24) is 4.57 Å². The Hall–Kier alpha value is -1.63. The van der Waals surface area contributed by atoms with Crippen LogP contribution >= 0.6 is 0 Å². The summed E-state index contributed by atoms with van der Waals surface area (Å²) in [6.45, 7) is 4.73. The smallest absolute Gasteiger partial charge is 0.341 e. The number of nitrogens with zero attached hydrogens (tertiary/aromatic N) is 1. The Bertz CT molecular complexity index is 643. The Labute approximate surface area is 111 Å². The minimum Gasteiger partial charge on any atom is -0.477 e. The highest BCUT2D eigenvalue weighted by Crippen LogP contribution is 2.04. The van der Waals surface area contributed by atoms with Crippen LogP contribution in [-0.2, 0) is 16.4 Å². The second-order valence-corrected chi connectivity index (χ2v) is 7.24. The first-order chi connectivity index (χ1) is 8.66. The lowest BCUT2D eigenvalue weighted by Gasteiger charge is -2.12. The van der Waals surface area contributed by atoms with E-state index in [1.54, 1.807) is 20.8 Å². The Morgan fingerprint density at radius 3 is 2.42 bits per heavy atom. The molecule has 0 fully saturated rings. The Morgan fingerprint density at radius 2 is 1.95 bits per heavy atom. The van der Waals surface area contributed by atoms with E-state index in [-0.39, 0.29) is 17.9 Å². The van der Waals surface area contributed by atoms with E-state index in [1.807, 2.05) is 0 Å². The molecule has 0 aliphatic heterocycles. The lowest BCUT2D eigenvalue weighted by molar-refractivity contribution is 0.0694. The summed E-state index contributed by atoms with van der Waals surface area (Å²) in [6, 6.07) is 2.72. The average molecular weight is 287 g/mol. The van der Waals surface area contributed by atoms with Crippen LogP contribution in [0, 0.1) is 6.92 Å². The van der Waals surface area contributed by atoms with Gasteiger partial charge >= 0.3 is 5.97 Å². The third-order valence-electron chi connectivity index (χ3n) is 2.94. The molecule has 6 nitrogen and oxygen atoms in total. The van der Waals surface area contributed by atoms with Crippen LogP contribution in [-0.4, -0.2) is 35.1 Å². The number of aromatic nitrogens is 1. The highest BCUT2D eigenvalue weighted by molar-refractivity contribution is 7.91. The largest absolute Gasteiger partial charge is 0.477 e. The van der Waals surface area contributed by atoms with E-state index in [9.17, 15) is 18.0 Å². The van der Waals surface area contributed by atoms with Crippen LogP contribution < -0.4 is 5.56 Å². The minimum absolute atomic E-state index is 0.0354. The topological polar surface area (TPSA) is 93.4 Å². The summed E-state index contributed by atoms with van der Waals surface area (Å²) in [5.41, 5.74) is -0.493. The molecular weight excluding hydrogens is 270 g/mol. The molecule has 1 aromatic heterocycles. The van der Waals surface area contributed by atoms with E-state index in [1.165, 1.54) is 16.7 Å². The maximum absolute atomic E-state index is 11.9. The van der Waals surface area contributed by atoms with Gasteiger partial charge in [-0.05, 0) is 32.9 Å². The molecule has 0 spiro atoms. The van der Waals surface area contributed by atoms with Gasteiger partial charge in [0.1, 0.15) is 5.56 Å². The summed E-state index contributed by atoms with van der Waals surface area (Å²) >= 11 is 0. The fourth-order valence-corrected chi connectivity index (χ4v) is 2.47. The van der Waals surface area contributed by atoms with Crippen molar-refractivity contribution in [3.8, 4) is 0 Å². The molecule has 0 aliphatic rings. The SMILES string of the molecule is Cc1ccc(C(=O)O)c(=O)n1CCS(=O)(=O)C(C)C. The third kappa shape index (κ3) is 3.44. The van der Waals surface area contributed by atoms with Gasteiger partial charge in [0.05, 0.1) is 11.0 Å². The quantitative estimate of drug-likeness (QED) is 0.859. The van der Waals surface area contributed by atoms with Crippen molar-refractivity contribution in [2.45, 2.75) is 32.6 Å². The summed E-state index contributed by atoms with van der Waals surface area (Å²) in [7, 11) is -3.27. The normalized spacial score (nSPS) is 11.8. The van der Waals surface area contributed by atoms with Gasteiger partial charge in [-0.15, -0.1) is 0 Å². The predicted molar refractivity (Wildman–Crippen MR) is 71.3 cm³/mol. The number of aryl methyl sites for hydroxylation is 1. The van der Waals surface area contributed by atoms with Gasteiger partial charge in [0.25, 0.3) is 5.56 Å². The molecule has 1 N–H and O–H groups in total. The molecule has 19 heavy (non-hydrogen) atoms. The van der Waals surface area contributed by atoms with E-state index in [2.05, 4.69) is 0 Å². The van der Waals surface area contributed by atoms with E-state index >= 15 is 0 Å². The van der Waals surface area contributed by atoms with Crippen LogP contribution in [0.3, 0.4) is 0 Å². The van der Waals surface area contributed by atoms with Crippen LogP contribution in [0.4, 0.5) is 0 Å². The summed E-state index contributed by atoms with van der Waals surface area (Å²) in [6.07, 6.45) is 0.